The molecule has 0 aromatic heterocycles. The largest absolute Gasteiger partial charge is 0.383 e. The second-order valence-electron chi connectivity index (χ2n) is 3.75. The van der Waals surface area contributed by atoms with Gasteiger partial charge in [-0.1, -0.05) is 0 Å². The molecular weight excluding hydrogens is 196 g/mol. The van der Waals surface area contributed by atoms with Gasteiger partial charge in [-0.25, -0.2) is 0 Å². The molecule has 0 unspecified atom stereocenters. The number of amides is 1. The van der Waals surface area contributed by atoms with E-state index in [1.54, 1.807) is 0 Å². The van der Waals surface area contributed by atoms with E-state index >= 15 is 0 Å². The molecule has 0 rings (SSSR count). The van der Waals surface area contributed by atoms with Gasteiger partial charge in [0.2, 0.25) is 0 Å². The summed E-state index contributed by atoms with van der Waals surface area (Å²) >= 11 is 0. The van der Waals surface area contributed by atoms with E-state index < -0.39 is 5.60 Å². The van der Waals surface area contributed by atoms with E-state index in [9.17, 15) is 9.90 Å². The standard InChI is InChI=1S/C10H18N2O3/c1-10(2,14)9(13)12(6-4-5-11)7-8-15-3/h14H,4,6-8H2,1-3H3. The van der Waals surface area contributed by atoms with Crippen molar-refractivity contribution in [1.29, 1.82) is 5.26 Å². The van der Waals surface area contributed by atoms with Gasteiger partial charge >= 0.3 is 0 Å². The SMILES string of the molecule is COCCN(CCC#N)C(=O)C(C)(C)O. The predicted molar refractivity (Wildman–Crippen MR) is 55.0 cm³/mol. The lowest BCUT2D eigenvalue weighted by atomic mass is 10.1. The van der Waals surface area contributed by atoms with Crippen LogP contribution in [-0.4, -0.2) is 48.3 Å². The van der Waals surface area contributed by atoms with E-state index in [-0.39, 0.29) is 12.3 Å². The predicted octanol–water partition coefficient (Wildman–Crippen LogP) is 0.146. The summed E-state index contributed by atoms with van der Waals surface area (Å²) in [6.07, 6.45) is 0.255. The van der Waals surface area contributed by atoms with Gasteiger partial charge in [-0.2, -0.15) is 5.26 Å². The Labute approximate surface area is 90.2 Å². The van der Waals surface area contributed by atoms with Crippen molar-refractivity contribution in [3.8, 4) is 6.07 Å². The van der Waals surface area contributed by atoms with Crippen molar-refractivity contribution in [2.45, 2.75) is 25.9 Å². The molecular formula is C10H18N2O3. The second-order valence-corrected chi connectivity index (χ2v) is 3.75. The first-order chi connectivity index (χ1) is 6.93. The zero-order valence-electron chi connectivity index (χ0n) is 9.49. The van der Waals surface area contributed by atoms with Gasteiger partial charge in [0.25, 0.3) is 5.91 Å². The van der Waals surface area contributed by atoms with Crippen LogP contribution in [0.15, 0.2) is 0 Å². The average molecular weight is 214 g/mol. The van der Waals surface area contributed by atoms with Crippen LogP contribution in [0.3, 0.4) is 0 Å². The van der Waals surface area contributed by atoms with Crippen molar-refractivity contribution in [3.05, 3.63) is 0 Å². The topological polar surface area (TPSA) is 73.6 Å². The van der Waals surface area contributed by atoms with Gasteiger partial charge in [-0.05, 0) is 13.8 Å². The number of carbonyl (C=O) groups excluding carboxylic acids is 1. The molecule has 0 aliphatic rings. The molecule has 86 valence electrons. The maximum absolute atomic E-state index is 11.7. The minimum atomic E-state index is -1.40. The monoisotopic (exact) mass is 214 g/mol. The fourth-order valence-corrected chi connectivity index (χ4v) is 1.09. The Kier molecular flexibility index (Phi) is 5.90. The van der Waals surface area contributed by atoms with Crippen LogP contribution < -0.4 is 0 Å². The van der Waals surface area contributed by atoms with Gasteiger partial charge in [0, 0.05) is 20.2 Å². The Morgan fingerprint density at radius 1 is 1.53 bits per heavy atom. The van der Waals surface area contributed by atoms with Crippen LogP contribution >= 0.6 is 0 Å². The maximum Gasteiger partial charge on any atom is 0.254 e. The van der Waals surface area contributed by atoms with Crippen molar-refractivity contribution >= 4 is 5.91 Å². The summed E-state index contributed by atoms with van der Waals surface area (Å²) in [4.78, 5) is 13.1. The maximum atomic E-state index is 11.7. The molecule has 0 aromatic carbocycles. The summed E-state index contributed by atoms with van der Waals surface area (Å²) in [6, 6.07) is 1.96. The van der Waals surface area contributed by atoms with Crippen LogP contribution in [0, 0.1) is 11.3 Å². The van der Waals surface area contributed by atoms with Crippen LogP contribution in [-0.2, 0) is 9.53 Å². The summed E-state index contributed by atoms with van der Waals surface area (Å²) in [7, 11) is 1.54. The normalized spacial score (nSPS) is 10.9. The molecule has 0 fully saturated rings. The van der Waals surface area contributed by atoms with Crippen LogP contribution in [0.2, 0.25) is 0 Å². The van der Waals surface area contributed by atoms with Gasteiger partial charge in [0.15, 0.2) is 0 Å². The van der Waals surface area contributed by atoms with E-state index in [1.807, 2.05) is 6.07 Å². The summed E-state index contributed by atoms with van der Waals surface area (Å²) in [5, 5.41) is 18.0. The molecule has 0 saturated heterocycles. The molecule has 0 saturated carbocycles. The van der Waals surface area contributed by atoms with Crippen LogP contribution in [0.1, 0.15) is 20.3 Å². The van der Waals surface area contributed by atoms with E-state index in [0.717, 1.165) is 0 Å². The lowest BCUT2D eigenvalue weighted by molar-refractivity contribution is -0.148. The lowest BCUT2D eigenvalue weighted by Crippen LogP contribution is -2.46. The molecule has 5 nitrogen and oxygen atoms in total. The highest BCUT2D eigenvalue weighted by molar-refractivity contribution is 5.84. The van der Waals surface area contributed by atoms with Crippen LogP contribution in [0.4, 0.5) is 0 Å². The molecule has 5 heteroatoms. The number of ether oxygens (including phenoxy) is 1. The fourth-order valence-electron chi connectivity index (χ4n) is 1.09. The molecule has 0 radical (unpaired) electrons. The highest BCUT2D eigenvalue weighted by Gasteiger charge is 2.28. The quantitative estimate of drug-likeness (QED) is 0.683. The molecule has 15 heavy (non-hydrogen) atoms. The number of methoxy groups -OCH3 is 1. The number of nitrogens with zero attached hydrogens (tertiary/aromatic N) is 2. The van der Waals surface area contributed by atoms with Gasteiger partial charge in [-0.15, -0.1) is 0 Å². The number of rotatable bonds is 6. The van der Waals surface area contributed by atoms with Crippen LogP contribution in [0.25, 0.3) is 0 Å². The Balaban J connectivity index is 4.35. The van der Waals surface area contributed by atoms with Crippen molar-refractivity contribution in [2.75, 3.05) is 26.8 Å². The molecule has 0 aliphatic heterocycles. The smallest absolute Gasteiger partial charge is 0.254 e. The van der Waals surface area contributed by atoms with Crippen molar-refractivity contribution in [3.63, 3.8) is 0 Å². The zero-order valence-corrected chi connectivity index (χ0v) is 9.49. The molecule has 0 heterocycles. The van der Waals surface area contributed by atoms with Crippen molar-refractivity contribution < 1.29 is 14.6 Å². The third-order valence-electron chi connectivity index (χ3n) is 1.87. The summed E-state index contributed by atoms with van der Waals surface area (Å²) in [5.74, 6) is -0.380. The lowest BCUT2D eigenvalue weighted by Gasteiger charge is -2.27. The molecule has 0 spiro atoms. The Morgan fingerprint density at radius 2 is 2.13 bits per heavy atom. The number of aliphatic hydroxyl groups is 1. The first-order valence-corrected chi connectivity index (χ1v) is 4.81. The number of hydrogen-bond acceptors (Lipinski definition) is 4. The first-order valence-electron chi connectivity index (χ1n) is 4.81. The molecule has 0 aromatic rings. The number of nitriles is 1. The zero-order chi connectivity index (χ0) is 11.9. The Morgan fingerprint density at radius 3 is 2.53 bits per heavy atom. The van der Waals surface area contributed by atoms with Gasteiger partial charge in [0.05, 0.1) is 19.1 Å². The minimum Gasteiger partial charge on any atom is -0.383 e. The summed E-state index contributed by atoms with van der Waals surface area (Å²) < 4.78 is 4.86. The van der Waals surface area contributed by atoms with E-state index in [1.165, 1.54) is 25.9 Å². The molecule has 1 amide bonds. The highest BCUT2D eigenvalue weighted by Crippen LogP contribution is 2.07. The molecule has 0 atom stereocenters. The average Bonchev–Trinajstić information content (AvgIpc) is 2.16. The number of hydrogen-bond donors (Lipinski definition) is 1. The van der Waals surface area contributed by atoms with Crippen molar-refractivity contribution in [2.24, 2.45) is 0 Å². The first kappa shape index (κ1) is 13.9. The van der Waals surface area contributed by atoms with Crippen LogP contribution in [0.5, 0.6) is 0 Å². The van der Waals surface area contributed by atoms with Gasteiger partial charge < -0.3 is 14.7 Å². The molecule has 0 bridgehead atoms. The Hall–Kier alpha value is -1.12. The second kappa shape index (κ2) is 6.38. The third kappa shape index (κ3) is 5.35. The van der Waals surface area contributed by atoms with E-state index in [0.29, 0.717) is 19.7 Å². The summed E-state index contributed by atoms with van der Waals surface area (Å²) in [6.45, 7) is 3.97. The minimum absolute atomic E-state index is 0.255. The third-order valence-corrected chi connectivity index (χ3v) is 1.87. The fraction of sp³-hybridized carbons (Fsp3) is 0.800. The molecule has 1 N–H and O–H groups in total. The number of carbonyl (C=O) groups is 1. The van der Waals surface area contributed by atoms with Crippen molar-refractivity contribution in [1.82, 2.24) is 4.90 Å². The highest BCUT2D eigenvalue weighted by atomic mass is 16.5. The van der Waals surface area contributed by atoms with E-state index in [2.05, 4.69) is 0 Å². The summed E-state index contributed by atoms with van der Waals surface area (Å²) in [5.41, 5.74) is -1.40. The van der Waals surface area contributed by atoms with Gasteiger partial charge in [-0.3, -0.25) is 4.79 Å². The van der Waals surface area contributed by atoms with E-state index in [4.69, 9.17) is 10.00 Å². The van der Waals surface area contributed by atoms with Gasteiger partial charge in [0.1, 0.15) is 5.60 Å². The molecule has 0 aliphatic carbocycles. The Bertz CT molecular complexity index is 240.